The Labute approximate surface area is 201 Å². The minimum atomic E-state index is -4.28. The number of nitrogens with zero attached hydrogens (tertiary/aromatic N) is 4. The Balaban J connectivity index is 1.07. The first-order valence-corrected chi connectivity index (χ1v) is 12.9. The number of amides is 1. The lowest BCUT2D eigenvalue weighted by atomic mass is 9.97. The van der Waals surface area contributed by atoms with Crippen molar-refractivity contribution in [2.45, 2.75) is 55.3 Å². The van der Waals surface area contributed by atoms with Gasteiger partial charge in [-0.2, -0.15) is 13.2 Å². The number of halogens is 3. The van der Waals surface area contributed by atoms with Crippen LogP contribution < -0.4 is 5.32 Å². The Kier molecular flexibility index (Phi) is 6.39. The third kappa shape index (κ3) is 4.84. The van der Waals surface area contributed by atoms with Crippen LogP contribution in [0.3, 0.4) is 0 Å². The van der Waals surface area contributed by atoms with Crippen molar-refractivity contribution in [1.29, 1.82) is 0 Å². The van der Waals surface area contributed by atoms with Crippen LogP contribution in [0.4, 0.5) is 13.2 Å². The van der Waals surface area contributed by atoms with Gasteiger partial charge in [0.1, 0.15) is 5.82 Å². The Morgan fingerprint density at radius 3 is 2.76 bits per heavy atom. The molecule has 5 rings (SSSR count). The number of carbonyl (C=O) groups is 1. The van der Waals surface area contributed by atoms with Gasteiger partial charge in [-0.05, 0) is 67.8 Å². The van der Waals surface area contributed by atoms with E-state index in [0.717, 1.165) is 67.6 Å². The van der Waals surface area contributed by atoms with Crippen molar-refractivity contribution in [3.8, 4) is 0 Å². The molecule has 1 saturated carbocycles. The van der Waals surface area contributed by atoms with E-state index in [1.54, 1.807) is 23.9 Å². The fraction of sp³-hybridized carbons (Fsp3) is 0.625. The molecule has 6 nitrogen and oxygen atoms in total. The van der Waals surface area contributed by atoms with Crippen LogP contribution in [0.15, 0.2) is 29.4 Å². The monoisotopic (exact) mass is 493 g/mol. The first-order chi connectivity index (χ1) is 16.2. The van der Waals surface area contributed by atoms with Crippen LogP contribution in [-0.4, -0.2) is 57.5 Å². The molecule has 184 valence electrons. The maximum Gasteiger partial charge on any atom is 0.416 e. The number of thioether (sulfide) groups is 1. The van der Waals surface area contributed by atoms with Gasteiger partial charge in [-0.3, -0.25) is 4.79 Å². The summed E-state index contributed by atoms with van der Waals surface area (Å²) in [6.07, 6.45) is 0.325. The molecule has 0 radical (unpaired) electrons. The second kappa shape index (κ2) is 9.18. The normalized spacial score (nSPS) is 27.4. The van der Waals surface area contributed by atoms with Crippen LogP contribution in [-0.2, 0) is 18.0 Å². The van der Waals surface area contributed by atoms with E-state index >= 15 is 0 Å². The van der Waals surface area contributed by atoms with Crippen molar-refractivity contribution in [1.82, 2.24) is 25.0 Å². The lowest BCUT2D eigenvalue weighted by molar-refractivity contribution is -0.137. The summed E-state index contributed by atoms with van der Waals surface area (Å²) in [7, 11) is 1.98. The molecule has 1 spiro atoms. The molecule has 1 aromatic heterocycles. The molecule has 3 aliphatic rings. The Bertz CT molecular complexity index is 1040. The highest BCUT2D eigenvalue weighted by Crippen LogP contribution is 2.64. The number of rotatable bonds is 7. The van der Waals surface area contributed by atoms with Crippen LogP contribution in [0.5, 0.6) is 0 Å². The van der Waals surface area contributed by atoms with E-state index in [0.29, 0.717) is 18.9 Å². The molecule has 3 heterocycles. The molecule has 2 saturated heterocycles. The van der Waals surface area contributed by atoms with Gasteiger partial charge in [0.2, 0.25) is 5.91 Å². The first-order valence-electron chi connectivity index (χ1n) is 11.9. The average molecular weight is 494 g/mol. The summed E-state index contributed by atoms with van der Waals surface area (Å²) < 4.78 is 40.5. The molecule has 10 heteroatoms. The quantitative estimate of drug-likeness (QED) is 0.463. The number of hydrogen-bond donors (Lipinski definition) is 1. The predicted octanol–water partition coefficient (Wildman–Crippen LogP) is 4.19. The van der Waals surface area contributed by atoms with Gasteiger partial charge in [0.25, 0.3) is 0 Å². The Morgan fingerprint density at radius 2 is 2.03 bits per heavy atom. The zero-order valence-electron chi connectivity index (χ0n) is 19.3. The summed E-state index contributed by atoms with van der Waals surface area (Å²) in [4.78, 5) is 14.2. The average Bonchev–Trinajstić information content (AvgIpc) is 3.14. The minimum Gasteiger partial charge on any atom is -0.356 e. The van der Waals surface area contributed by atoms with E-state index in [1.807, 2.05) is 11.6 Å². The fourth-order valence-corrected chi connectivity index (χ4v) is 6.45. The van der Waals surface area contributed by atoms with Gasteiger partial charge in [-0.25, -0.2) is 0 Å². The molecule has 3 atom stereocenters. The number of aromatic nitrogens is 3. The van der Waals surface area contributed by atoms with Crippen molar-refractivity contribution in [2.24, 2.45) is 12.5 Å². The zero-order valence-corrected chi connectivity index (χ0v) is 20.1. The fourth-order valence-electron chi connectivity index (χ4n) is 5.61. The Morgan fingerprint density at radius 1 is 1.24 bits per heavy atom. The highest BCUT2D eigenvalue weighted by atomic mass is 32.2. The molecule has 3 fully saturated rings. The molecule has 2 aliphatic heterocycles. The van der Waals surface area contributed by atoms with E-state index in [9.17, 15) is 18.0 Å². The molecule has 1 amide bonds. The van der Waals surface area contributed by atoms with Gasteiger partial charge in [0.15, 0.2) is 5.16 Å². The number of hydrogen-bond acceptors (Lipinski definition) is 5. The molecule has 2 aromatic rings. The standard InChI is InChI=1S/C24H30F3N5OS/c1-31-21(17-7-9-28-20(33)13-17)29-30-22(31)34-12-2-10-32-11-8-23(15-32)14-19(23)16-3-5-18(6-4-16)24(25,26)27/h3-6,17,19H,2,7-15H2,1H3,(H,28,33). The van der Waals surface area contributed by atoms with Crippen LogP contribution in [0.1, 0.15) is 60.9 Å². The van der Waals surface area contributed by atoms with Crippen LogP contribution in [0, 0.1) is 5.41 Å². The molecule has 1 N–H and O–H groups in total. The summed E-state index contributed by atoms with van der Waals surface area (Å²) in [6, 6.07) is 5.76. The summed E-state index contributed by atoms with van der Waals surface area (Å²) in [6.45, 7) is 3.79. The minimum absolute atomic E-state index is 0.0769. The number of alkyl halides is 3. The topological polar surface area (TPSA) is 63.1 Å². The second-order valence-corrected chi connectivity index (χ2v) is 11.0. The van der Waals surface area contributed by atoms with Crippen molar-refractivity contribution >= 4 is 17.7 Å². The van der Waals surface area contributed by atoms with Crippen LogP contribution in [0.2, 0.25) is 0 Å². The van der Waals surface area contributed by atoms with Crippen molar-refractivity contribution < 1.29 is 18.0 Å². The van der Waals surface area contributed by atoms with E-state index in [1.165, 1.54) is 12.1 Å². The van der Waals surface area contributed by atoms with E-state index < -0.39 is 11.7 Å². The van der Waals surface area contributed by atoms with Gasteiger partial charge >= 0.3 is 6.18 Å². The molecule has 34 heavy (non-hydrogen) atoms. The first kappa shape index (κ1) is 23.7. The second-order valence-electron chi connectivity index (χ2n) is 9.91. The smallest absolute Gasteiger partial charge is 0.356 e. The van der Waals surface area contributed by atoms with Crippen molar-refractivity contribution in [3.63, 3.8) is 0 Å². The summed E-state index contributed by atoms with van der Waals surface area (Å²) in [5.41, 5.74) is 0.715. The van der Waals surface area contributed by atoms with Crippen LogP contribution >= 0.6 is 11.8 Å². The molecule has 1 aromatic carbocycles. The highest BCUT2D eigenvalue weighted by Gasteiger charge is 2.57. The Hall–Kier alpha value is -2.07. The van der Waals surface area contributed by atoms with Gasteiger partial charge < -0.3 is 14.8 Å². The van der Waals surface area contributed by atoms with E-state index in [4.69, 9.17) is 0 Å². The van der Waals surface area contributed by atoms with Gasteiger partial charge in [-0.1, -0.05) is 23.9 Å². The van der Waals surface area contributed by atoms with Crippen molar-refractivity contribution in [2.75, 3.05) is 31.9 Å². The lowest BCUT2D eigenvalue weighted by Gasteiger charge is -2.21. The molecular weight excluding hydrogens is 463 g/mol. The van der Waals surface area contributed by atoms with Crippen LogP contribution in [0.25, 0.3) is 0 Å². The van der Waals surface area contributed by atoms with E-state index in [-0.39, 0.29) is 17.2 Å². The predicted molar refractivity (Wildman–Crippen MR) is 124 cm³/mol. The third-order valence-electron chi connectivity index (χ3n) is 7.62. The van der Waals surface area contributed by atoms with Gasteiger partial charge in [0, 0.05) is 38.2 Å². The molecule has 0 bridgehead atoms. The lowest BCUT2D eigenvalue weighted by Crippen LogP contribution is -2.33. The molecular formula is C24H30F3N5OS. The highest BCUT2D eigenvalue weighted by molar-refractivity contribution is 7.99. The number of carbonyl (C=O) groups excluding carboxylic acids is 1. The number of benzene rings is 1. The zero-order chi connectivity index (χ0) is 23.9. The number of piperidine rings is 1. The maximum absolute atomic E-state index is 12.8. The number of likely N-dealkylation sites (tertiary alicyclic amines) is 1. The van der Waals surface area contributed by atoms with Gasteiger partial charge in [0.05, 0.1) is 5.56 Å². The van der Waals surface area contributed by atoms with Crippen molar-refractivity contribution in [3.05, 3.63) is 41.2 Å². The third-order valence-corrected chi connectivity index (χ3v) is 8.73. The van der Waals surface area contributed by atoms with Gasteiger partial charge in [-0.15, -0.1) is 10.2 Å². The van der Waals surface area contributed by atoms with E-state index in [2.05, 4.69) is 20.4 Å². The SMILES string of the molecule is Cn1c(SCCCN2CCC3(CC3c3ccc(C(F)(F)F)cc3)C2)nnc1C1CCNC(=O)C1. The summed E-state index contributed by atoms with van der Waals surface area (Å²) >= 11 is 1.70. The molecule has 1 aliphatic carbocycles. The molecule has 3 unspecified atom stereocenters. The summed E-state index contributed by atoms with van der Waals surface area (Å²) in [5.74, 6) is 2.43. The maximum atomic E-state index is 12.8. The number of nitrogens with one attached hydrogen (secondary N) is 1. The summed E-state index contributed by atoms with van der Waals surface area (Å²) in [5, 5.41) is 12.4. The largest absolute Gasteiger partial charge is 0.416 e.